The van der Waals surface area contributed by atoms with Gasteiger partial charge in [-0.05, 0) is 43.2 Å². The van der Waals surface area contributed by atoms with Crippen LogP contribution in [0, 0.1) is 5.82 Å². The van der Waals surface area contributed by atoms with Crippen LogP contribution >= 0.6 is 0 Å². The van der Waals surface area contributed by atoms with Crippen molar-refractivity contribution in [3.8, 4) is 0 Å². The predicted molar refractivity (Wildman–Crippen MR) is 78.4 cm³/mol. The predicted octanol–water partition coefficient (Wildman–Crippen LogP) is 2.53. The monoisotopic (exact) mass is 293 g/mol. The highest BCUT2D eigenvalue weighted by atomic mass is 19.1. The van der Waals surface area contributed by atoms with Gasteiger partial charge in [0, 0.05) is 25.2 Å². The second-order valence-electron chi connectivity index (χ2n) is 5.44. The Morgan fingerprint density at radius 2 is 2.29 bits per heavy atom. The first kappa shape index (κ1) is 15.7. The molecule has 2 rings (SSSR count). The average Bonchev–Trinajstić information content (AvgIpc) is 2.43. The third-order valence-corrected chi connectivity index (χ3v) is 3.62. The number of hydrogen-bond donors (Lipinski definition) is 1. The molecular formula is C16H20FNO3. The number of nitrogens with zero attached hydrogens (tertiary/aromatic N) is 1. The van der Waals surface area contributed by atoms with E-state index >= 15 is 0 Å². The fourth-order valence-electron chi connectivity index (χ4n) is 2.44. The first-order valence-electron chi connectivity index (χ1n) is 7.01. The van der Waals surface area contributed by atoms with Crippen molar-refractivity contribution >= 4 is 12.0 Å². The second kappa shape index (κ2) is 6.83. The van der Waals surface area contributed by atoms with Crippen molar-refractivity contribution < 1.29 is 19.0 Å². The van der Waals surface area contributed by atoms with Crippen molar-refractivity contribution in [2.24, 2.45) is 0 Å². The Hall–Kier alpha value is -1.72. The number of morpholine rings is 1. The van der Waals surface area contributed by atoms with Crippen LogP contribution in [0.4, 0.5) is 4.39 Å². The molecular weight excluding hydrogens is 273 g/mol. The van der Waals surface area contributed by atoms with E-state index < -0.39 is 5.97 Å². The molecule has 1 heterocycles. The van der Waals surface area contributed by atoms with E-state index in [9.17, 15) is 9.18 Å². The summed E-state index contributed by atoms with van der Waals surface area (Å²) in [7, 11) is 0. The molecule has 0 spiro atoms. The molecule has 1 aromatic rings. The van der Waals surface area contributed by atoms with Crippen molar-refractivity contribution in [3.63, 3.8) is 0 Å². The van der Waals surface area contributed by atoms with Crippen LogP contribution in [0.3, 0.4) is 0 Å². The first-order chi connectivity index (χ1) is 9.95. The lowest BCUT2D eigenvalue weighted by molar-refractivity contribution is -0.131. The zero-order valence-corrected chi connectivity index (χ0v) is 12.3. The summed E-state index contributed by atoms with van der Waals surface area (Å²) in [6.07, 6.45) is 2.64. The molecule has 2 atom stereocenters. The van der Waals surface area contributed by atoms with Gasteiger partial charge in [0.1, 0.15) is 5.82 Å². The Labute approximate surface area is 123 Å². The van der Waals surface area contributed by atoms with Crippen LogP contribution in [-0.2, 0) is 16.1 Å². The van der Waals surface area contributed by atoms with Gasteiger partial charge in [0.15, 0.2) is 0 Å². The van der Waals surface area contributed by atoms with Crippen molar-refractivity contribution in [3.05, 3.63) is 41.2 Å². The van der Waals surface area contributed by atoms with Crippen LogP contribution in [0.25, 0.3) is 6.08 Å². The normalized spacial score (nSPS) is 23.6. The maximum Gasteiger partial charge on any atom is 0.328 e. The lowest BCUT2D eigenvalue weighted by Crippen LogP contribution is -2.46. The number of carbonyl (C=O) groups is 1. The second-order valence-corrected chi connectivity index (χ2v) is 5.44. The van der Waals surface area contributed by atoms with Crippen molar-refractivity contribution in [1.82, 2.24) is 4.90 Å². The summed E-state index contributed by atoms with van der Waals surface area (Å²) < 4.78 is 19.0. The minimum Gasteiger partial charge on any atom is -0.478 e. The number of halogens is 1. The van der Waals surface area contributed by atoms with Crippen molar-refractivity contribution in [1.29, 1.82) is 0 Å². The molecule has 114 valence electrons. The molecule has 0 saturated carbocycles. The largest absolute Gasteiger partial charge is 0.478 e. The molecule has 21 heavy (non-hydrogen) atoms. The smallest absolute Gasteiger partial charge is 0.328 e. The quantitative estimate of drug-likeness (QED) is 0.867. The van der Waals surface area contributed by atoms with Crippen LogP contribution in [0.1, 0.15) is 25.0 Å². The number of benzene rings is 1. The fourth-order valence-corrected chi connectivity index (χ4v) is 2.44. The Morgan fingerprint density at radius 1 is 1.52 bits per heavy atom. The SMILES string of the molecule is CC1CN(Cc2ccc(F)cc2C=CC(=O)O)C(C)CO1. The lowest BCUT2D eigenvalue weighted by atomic mass is 10.0. The number of hydrogen-bond acceptors (Lipinski definition) is 3. The number of carboxylic acid groups (broad SMARTS) is 1. The number of rotatable bonds is 4. The Bertz CT molecular complexity index is 544. The van der Waals surface area contributed by atoms with E-state index in [0.29, 0.717) is 18.7 Å². The van der Waals surface area contributed by atoms with Crippen molar-refractivity contribution in [2.45, 2.75) is 32.5 Å². The van der Waals surface area contributed by atoms with E-state index in [4.69, 9.17) is 9.84 Å². The summed E-state index contributed by atoms with van der Waals surface area (Å²) in [6.45, 7) is 6.23. The molecule has 1 aliphatic heterocycles. The van der Waals surface area contributed by atoms with Gasteiger partial charge in [-0.3, -0.25) is 4.90 Å². The van der Waals surface area contributed by atoms with Crippen LogP contribution in [0.2, 0.25) is 0 Å². The van der Waals surface area contributed by atoms with Gasteiger partial charge in [0.2, 0.25) is 0 Å². The minimum atomic E-state index is -1.04. The van der Waals surface area contributed by atoms with Crippen molar-refractivity contribution in [2.75, 3.05) is 13.2 Å². The molecule has 1 aliphatic rings. The lowest BCUT2D eigenvalue weighted by Gasteiger charge is -2.37. The highest BCUT2D eigenvalue weighted by Gasteiger charge is 2.23. The standard InChI is InChI=1S/C16H20FNO3/c1-11-10-21-12(2)8-18(11)9-14-3-5-15(17)7-13(14)4-6-16(19)20/h3-7,11-12H,8-10H2,1-2H3,(H,19,20). The van der Waals surface area contributed by atoms with E-state index in [1.165, 1.54) is 18.2 Å². The molecule has 2 unspecified atom stereocenters. The van der Waals surface area contributed by atoms with Gasteiger partial charge in [-0.15, -0.1) is 0 Å². The summed E-state index contributed by atoms with van der Waals surface area (Å²) in [5.74, 6) is -1.41. The zero-order chi connectivity index (χ0) is 15.4. The first-order valence-corrected chi connectivity index (χ1v) is 7.01. The third-order valence-electron chi connectivity index (χ3n) is 3.62. The molecule has 0 aliphatic carbocycles. The van der Waals surface area contributed by atoms with Crippen LogP contribution in [0.15, 0.2) is 24.3 Å². The van der Waals surface area contributed by atoms with E-state index in [1.54, 1.807) is 6.07 Å². The molecule has 0 bridgehead atoms. The topological polar surface area (TPSA) is 49.8 Å². The maximum atomic E-state index is 13.4. The van der Waals surface area contributed by atoms with E-state index in [0.717, 1.165) is 18.2 Å². The van der Waals surface area contributed by atoms with E-state index in [-0.39, 0.29) is 18.0 Å². The molecule has 1 aromatic carbocycles. The molecule has 0 amide bonds. The van der Waals surface area contributed by atoms with E-state index in [1.807, 2.05) is 6.92 Å². The Morgan fingerprint density at radius 3 is 3.00 bits per heavy atom. The van der Waals surface area contributed by atoms with Gasteiger partial charge in [-0.25, -0.2) is 9.18 Å². The van der Waals surface area contributed by atoms with Crippen LogP contribution in [-0.4, -0.2) is 41.3 Å². The fraction of sp³-hybridized carbons (Fsp3) is 0.438. The van der Waals surface area contributed by atoms with Crippen LogP contribution < -0.4 is 0 Å². The van der Waals surface area contributed by atoms with Gasteiger partial charge in [0.05, 0.1) is 12.7 Å². The Balaban J connectivity index is 2.20. The average molecular weight is 293 g/mol. The molecule has 0 aromatic heterocycles. The van der Waals surface area contributed by atoms with E-state index in [2.05, 4.69) is 11.8 Å². The highest BCUT2D eigenvalue weighted by molar-refractivity contribution is 5.85. The van der Waals surface area contributed by atoms with Gasteiger partial charge >= 0.3 is 5.97 Å². The molecule has 1 fully saturated rings. The number of ether oxygens (including phenoxy) is 1. The molecule has 1 saturated heterocycles. The summed E-state index contributed by atoms with van der Waals surface area (Å²) >= 11 is 0. The van der Waals surface area contributed by atoms with Gasteiger partial charge in [-0.1, -0.05) is 6.07 Å². The van der Waals surface area contributed by atoms with Crippen LogP contribution in [0.5, 0.6) is 0 Å². The number of aliphatic carboxylic acids is 1. The van der Waals surface area contributed by atoms with Gasteiger partial charge in [-0.2, -0.15) is 0 Å². The third kappa shape index (κ3) is 4.37. The molecule has 0 radical (unpaired) electrons. The maximum absolute atomic E-state index is 13.4. The minimum absolute atomic E-state index is 0.166. The Kier molecular flexibility index (Phi) is 5.09. The highest BCUT2D eigenvalue weighted by Crippen LogP contribution is 2.20. The molecule has 5 heteroatoms. The number of carboxylic acids is 1. The summed E-state index contributed by atoms with van der Waals surface area (Å²) in [5.41, 5.74) is 1.51. The molecule has 4 nitrogen and oxygen atoms in total. The molecule has 1 N–H and O–H groups in total. The van der Waals surface area contributed by atoms with Gasteiger partial charge in [0.25, 0.3) is 0 Å². The van der Waals surface area contributed by atoms with Gasteiger partial charge < -0.3 is 9.84 Å². The summed E-state index contributed by atoms with van der Waals surface area (Å²) in [6, 6.07) is 4.76. The summed E-state index contributed by atoms with van der Waals surface area (Å²) in [4.78, 5) is 12.9. The summed E-state index contributed by atoms with van der Waals surface area (Å²) in [5, 5.41) is 8.73. The zero-order valence-electron chi connectivity index (χ0n) is 12.3.